The molecule has 0 radical (unpaired) electrons. The van der Waals surface area contributed by atoms with Crippen molar-refractivity contribution in [2.45, 2.75) is 77.3 Å². The van der Waals surface area contributed by atoms with Gasteiger partial charge >= 0.3 is 0 Å². The predicted octanol–water partition coefficient (Wildman–Crippen LogP) is 4.85. The van der Waals surface area contributed by atoms with E-state index in [0.717, 1.165) is 42.4 Å². The second-order valence-electron chi connectivity index (χ2n) is 11.7. The Bertz CT molecular complexity index is 1230. The molecule has 2 aromatic rings. The molecule has 0 aromatic heterocycles. The van der Waals surface area contributed by atoms with E-state index in [1.807, 2.05) is 36.4 Å². The first-order chi connectivity index (χ1) is 20.8. The minimum absolute atomic E-state index is 0.101. The zero-order valence-electron chi connectivity index (χ0n) is 26.3. The molecule has 3 amide bonds. The van der Waals surface area contributed by atoms with Crippen molar-refractivity contribution < 1.29 is 28.6 Å². The maximum atomic E-state index is 13.9. The summed E-state index contributed by atoms with van der Waals surface area (Å²) in [5.74, 6) is 1.67. The number of hydrogen-bond acceptors (Lipinski definition) is 6. The lowest BCUT2D eigenvalue weighted by Crippen LogP contribution is -2.65. The van der Waals surface area contributed by atoms with Gasteiger partial charge in [-0.3, -0.25) is 14.4 Å². The largest absolute Gasteiger partial charge is 0.493 e. The van der Waals surface area contributed by atoms with Gasteiger partial charge in [0.1, 0.15) is 18.6 Å². The zero-order valence-corrected chi connectivity index (χ0v) is 26.3. The van der Waals surface area contributed by atoms with Crippen LogP contribution in [0, 0.1) is 5.92 Å². The van der Waals surface area contributed by atoms with Gasteiger partial charge in [-0.15, -0.1) is 0 Å². The monoisotopic (exact) mass is 593 g/mol. The first kappa shape index (κ1) is 32.2. The standard InChI is InChI=1S/C34H47N3O6/c1-6-7-17-36-28(34(40)37(23(2)33(36)39)22-31(38)35-21-25-11-9-8-10-12-25)18-24-13-15-26(16-14-24)27-19-29(41-3)32(43-5)30(20-27)42-4/h13-16,19-20,23,25,28H,6-12,17-18,21-22H2,1-5H3,(H,35,38)/t23-,28-/m1/s1. The lowest BCUT2D eigenvalue weighted by Gasteiger charge is -2.44. The summed E-state index contributed by atoms with van der Waals surface area (Å²) in [5, 5.41) is 3.03. The van der Waals surface area contributed by atoms with E-state index in [4.69, 9.17) is 14.2 Å². The molecule has 2 aromatic carbocycles. The van der Waals surface area contributed by atoms with Crippen molar-refractivity contribution in [3.63, 3.8) is 0 Å². The number of nitrogens with zero attached hydrogens (tertiary/aromatic N) is 2. The molecule has 1 saturated carbocycles. The maximum Gasteiger partial charge on any atom is 0.246 e. The van der Waals surface area contributed by atoms with E-state index in [1.54, 1.807) is 33.2 Å². The summed E-state index contributed by atoms with van der Waals surface area (Å²) in [4.78, 5) is 43.6. The molecule has 1 N–H and O–H groups in total. The molecule has 2 fully saturated rings. The Kier molecular flexibility index (Phi) is 11.3. The number of unbranched alkanes of at least 4 members (excludes halogenated alkanes) is 1. The molecule has 4 rings (SSSR count). The van der Waals surface area contributed by atoms with Gasteiger partial charge in [0.05, 0.1) is 21.3 Å². The van der Waals surface area contributed by atoms with Crippen LogP contribution in [-0.4, -0.2) is 80.6 Å². The molecule has 43 heavy (non-hydrogen) atoms. The van der Waals surface area contributed by atoms with Crippen molar-refractivity contribution in [1.82, 2.24) is 15.1 Å². The fourth-order valence-corrected chi connectivity index (χ4v) is 6.21. The van der Waals surface area contributed by atoms with Crippen LogP contribution in [0.5, 0.6) is 17.2 Å². The number of nitrogens with one attached hydrogen (secondary N) is 1. The molecule has 0 bridgehead atoms. The molecule has 0 unspecified atom stereocenters. The highest BCUT2D eigenvalue weighted by Crippen LogP contribution is 2.41. The average Bonchev–Trinajstić information content (AvgIpc) is 3.04. The number of carbonyl (C=O) groups is 3. The second kappa shape index (κ2) is 15.1. The molecule has 1 heterocycles. The van der Waals surface area contributed by atoms with Crippen molar-refractivity contribution >= 4 is 17.7 Å². The number of carbonyl (C=O) groups excluding carboxylic acids is 3. The smallest absolute Gasteiger partial charge is 0.246 e. The SMILES string of the molecule is CCCCN1C(=O)[C@@H](C)N(CC(=O)NCC2CCCCC2)C(=O)[C@H]1Cc1ccc(-c2cc(OC)c(OC)c(OC)c2)cc1. The van der Waals surface area contributed by atoms with Crippen LogP contribution in [-0.2, 0) is 20.8 Å². The van der Waals surface area contributed by atoms with Gasteiger partial charge in [0, 0.05) is 19.5 Å². The molecule has 9 heteroatoms. The van der Waals surface area contributed by atoms with Gasteiger partial charge < -0.3 is 29.3 Å². The summed E-state index contributed by atoms with van der Waals surface area (Å²) in [7, 11) is 4.74. The van der Waals surface area contributed by atoms with Gasteiger partial charge in [0.15, 0.2) is 11.5 Å². The van der Waals surface area contributed by atoms with Gasteiger partial charge in [-0.25, -0.2) is 0 Å². The average molecular weight is 594 g/mol. The highest BCUT2D eigenvalue weighted by Gasteiger charge is 2.44. The van der Waals surface area contributed by atoms with Gasteiger partial charge in [-0.05, 0) is 60.9 Å². The van der Waals surface area contributed by atoms with Gasteiger partial charge in [0.2, 0.25) is 23.5 Å². The molecule has 9 nitrogen and oxygen atoms in total. The van der Waals surface area contributed by atoms with Crippen molar-refractivity contribution in [2.24, 2.45) is 5.92 Å². The Labute approximate surface area is 255 Å². The third kappa shape index (κ3) is 7.61. The molecular weight excluding hydrogens is 546 g/mol. The summed E-state index contributed by atoms with van der Waals surface area (Å²) in [6, 6.07) is 10.4. The van der Waals surface area contributed by atoms with Crippen LogP contribution in [0.1, 0.15) is 64.4 Å². The van der Waals surface area contributed by atoms with Gasteiger partial charge in [-0.1, -0.05) is 56.9 Å². The maximum absolute atomic E-state index is 13.9. The summed E-state index contributed by atoms with van der Waals surface area (Å²) >= 11 is 0. The van der Waals surface area contributed by atoms with E-state index in [9.17, 15) is 14.4 Å². The zero-order chi connectivity index (χ0) is 30.9. The van der Waals surface area contributed by atoms with Crippen LogP contribution < -0.4 is 19.5 Å². The lowest BCUT2D eigenvalue weighted by molar-refractivity contribution is -0.162. The Balaban J connectivity index is 1.51. The van der Waals surface area contributed by atoms with Crippen LogP contribution in [0.3, 0.4) is 0 Å². The number of methoxy groups -OCH3 is 3. The fraction of sp³-hybridized carbons (Fsp3) is 0.559. The second-order valence-corrected chi connectivity index (χ2v) is 11.7. The Hall–Kier alpha value is -3.75. The van der Waals surface area contributed by atoms with Crippen LogP contribution in [0.25, 0.3) is 11.1 Å². The number of rotatable bonds is 13. The van der Waals surface area contributed by atoms with E-state index in [0.29, 0.717) is 42.7 Å². The molecule has 1 aliphatic carbocycles. The van der Waals surface area contributed by atoms with Crippen LogP contribution in [0.4, 0.5) is 0 Å². The quantitative estimate of drug-likeness (QED) is 0.357. The summed E-state index contributed by atoms with van der Waals surface area (Å²) in [6.45, 7) is 4.85. The molecular formula is C34H47N3O6. The van der Waals surface area contributed by atoms with E-state index in [1.165, 1.54) is 24.2 Å². The topological polar surface area (TPSA) is 97.4 Å². The third-order valence-corrected chi connectivity index (χ3v) is 8.81. The summed E-state index contributed by atoms with van der Waals surface area (Å²) in [6.07, 6.45) is 8.02. The van der Waals surface area contributed by atoms with Crippen LogP contribution in [0.15, 0.2) is 36.4 Å². The van der Waals surface area contributed by atoms with Gasteiger partial charge in [-0.2, -0.15) is 0 Å². The van der Waals surface area contributed by atoms with Gasteiger partial charge in [0.25, 0.3) is 0 Å². The van der Waals surface area contributed by atoms with E-state index >= 15 is 0 Å². The minimum atomic E-state index is -0.677. The third-order valence-electron chi connectivity index (χ3n) is 8.81. The molecule has 1 saturated heterocycles. The Morgan fingerprint density at radius 3 is 2.12 bits per heavy atom. The summed E-state index contributed by atoms with van der Waals surface area (Å²) in [5.41, 5.74) is 2.77. The number of amides is 3. The fourth-order valence-electron chi connectivity index (χ4n) is 6.21. The first-order valence-electron chi connectivity index (χ1n) is 15.6. The van der Waals surface area contributed by atoms with Crippen molar-refractivity contribution in [2.75, 3.05) is 41.0 Å². The first-order valence-corrected chi connectivity index (χ1v) is 15.6. The van der Waals surface area contributed by atoms with E-state index in [2.05, 4.69) is 12.2 Å². The minimum Gasteiger partial charge on any atom is -0.493 e. The van der Waals surface area contributed by atoms with E-state index in [-0.39, 0.29) is 24.3 Å². The van der Waals surface area contributed by atoms with E-state index < -0.39 is 12.1 Å². The molecule has 1 aliphatic heterocycles. The van der Waals surface area contributed by atoms with Crippen molar-refractivity contribution in [3.05, 3.63) is 42.0 Å². The number of benzene rings is 2. The Morgan fingerprint density at radius 2 is 1.53 bits per heavy atom. The highest BCUT2D eigenvalue weighted by atomic mass is 16.5. The highest BCUT2D eigenvalue weighted by molar-refractivity contribution is 5.99. The number of piperazine rings is 1. The lowest BCUT2D eigenvalue weighted by atomic mass is 9.89. The van der Waals surface area contributed by atoms with Crippen molar-refractivity contribution in [3.8, 4) is 28.4 Å². The normalized spacial score (nSPS) is 19.4. The number of hydrogen-bond donors (Lipinski definition) is 1. The Morgan fingerprint density at radius 1 is 0.884 bits per heavy atom. The van der Waals surface area contributed by atoms with Crippen molar-refractivity contribution in [1.29, 1.82) is 0 Å². The molecule has 2 aliphatic rings. The number of ether oxygens (including phenoxy) is 3. The van der Waals surface area contributed by atoms with Crippen LogP contribution >= 0.6 is 0 Å². The molecule has 0 spiro atoms. The predicted molar refractivity (Wildman–Crippen MR) is 166 cm³/mol. The molecule has 2 atom stereocenters. The van der Waals surface area contributed by atoms with Crippen LogP contribution in [0.2, 0.25) is 0 Å². The molecule has 234 valence electrons. The summed E-state index contributed by atoms with van der Waals surface area (Å²) < 4.78 is 16.5.